The van der Waals surface area contributed by atoms with Gasteiger partial charge in [0.25, 0.3) is 5.91 Å². The van der Waals surface area contributed by atoms with Crippen molar-refractivity contribution >= 4 is 23.2 Å². The summed E-state index contributed by atoms with van der Waals surface area (Å²) in [6.45, 7) is 3.60. The van der Waals surface area contributed by atoms with Crippen molar-refractivity contribution in [3.05, 3.63) is 22.4 Å². The molecule has 1 aliphatic carbocycles. The quantitative estimate of drug-likeness (QED) is 0.837. The van der Waals surface area contributed by atoms with E-state index in [-0.39, 0.29) is 17.7 Å². The Morgan fingerprint density at radius 1 is 1.21 bits per heavy atom. The lowest BCUT2D eigenvalue weighted by molar-refractivity contribution is -0.139. The van der Waals surface area contributed by atoms with Crippen LogP contribution < -0.4 is 0 Å². The number of likely N-dealkylation sites (tertiary alicyclic amines) is 1. The van der Waals surface area contributed by atoms with Gasteiger partial charge in [0, 0.05) is 26.2 Å². The average molecular weight is 349 g/mol. The van der Waals surface area contributed by atoms with E-state index in [1.807, 2.05) is 34.4 Å². The number of rotatable bonds is 3. The van der Waals surface area contributed by atoms with Crippen molar-refractivity contribution < 1.29 is 9.59 Å². The van der Waals surface area contributed by atoms with Gasteiger partial charge in [-0.2, -0.15) is 0 Å². The van der Waals surface area contributed by atoms with Crippen LogP contribution in [0.4, 0.5) is 0 Å². The maximum absolute atomic E-state index is 13.0. The highest BCUT2D eigenvalue weighted by atomic mass is 32.1. The Balaban J connectivity index is 1.63. The Morgan fingerprint density at radius 2 is 2.00 bits per heavy atom. The second-order valence-electron chi connectivity index (χ2n) is 7.35. The fourth-order valence-electron chi connectivity index (χ4n) is 4.24. The topological polar surface area (TPSA) is 40.6 Å². The minimum Gasteiger partial charge on any atom is -0.342 e. The van der Waals surface area contributed by atoms with Gasteiger partial charge in [-0.1, -0.05) is 25.8 Å². The summed E-state index contributed by atoms with van der Waals surface area (Å²) in [5.41, 5.74) is 0. The van der Waals surface area contributed by atoms with Gasteiger partial charge in [-0.05, 0) is 43.0 Å². The summed E-state index contributed by atoms with van der Waals surface area (Å²) in [4.78, 5) is 30.2. The number of nitrogens with zero attached hydrogens (tertiary/aromatic N) is 2. The Hall–Kier alpha value is -1.36. The molecule has 5 heteroatoms. The molecule has 0 aromatic carbocycles. The maximum Gasteiger partial charge on any atom is 0.263 e. The molecule has 1 aliphatic heterocycles. The van der Waals surface area contributed by atoms with E-state index in [0.29, 0.717) is 18.5 Å². The van der Waals surface area contributed by atoms with Crippen LogP contribution in [0.3, 0.4) is 0 Å². The van der Waals surface area contributed by atoms with Gasteiger partial charge < -0.3 is 9.80 Å². The molecule has 3 rings (SSSR count). The van der Waals surface area contributed by atoms with Crippen LogP contribution >= 0.6 is 11.3 Å². The molecule has 4 nitrogen and oxygen atoms in total. The second kappa shape index (κ2) is 7.68. The smallest absolute Gasteiger partial charge is 0.263 e. The minimum atomic E-state index is -0.0400. The first kappa shape index (κ1) is 17.5. The van der Waals surface area contributed by atoms with E-state index in [1.54, 1.807) is 0 Å². The number of carbonyl (C=O) groups excluding carboxylic acids is 2. The Morgan fingerprint density at radius 3 is 2.71 bits per heavy atom. The van der Waals surface area contributed by atoms with Crippen molar-refractivity contribution in [3.63, 3.8) is 0 Å². The molecule has 24 heavy (non-hydrogen) atoms. The van der Waals surface area contributed by atoms with Crippen molar-refractivity contribution in [2.45, 2.75) is 51.5 Å². The van der Waals surface area contributed by atoms with E-state index in [2.05, 4.69) is 6.92 Å². The zero-order valence-electron chi connectivity index (χ0n) is 14.7. The molecular formula is C19H28N2O2S. The van der Waals surface area contributed by atoms with Gasteiger partial charge in [0.2, 0.25) is 5.91 Å². The number of piperidine rings is 1. The summed E-state index contributed by atoms with van der Waals surface area (Å²) >= 11 is 1.48. The van der Waals surface area contributed by atoms with Crippen LogP contribution in [0.5, 0.6) is 0 Å². The van der Waals surface area contributed by atoms with Crippen LogP contribution in [-0.4, -0.2) is 47.8 Å². The van der Waals surface area contributed by atoms with E-state index in [9.17, 15) is 9.59 Å². The first-order valence-electron chi connectivity index (χ1n) is 9.17. The van der Waals surface area contributed by atoms with E-state index >= 15 is 0 Å². The third-order valence-electron chi connectivity index (χ3n) is 5.70. The van der Waals surface area contributed by atoms with Crippen molar-refractivity contribution in [3.8, 4) is 0 Å². The third-order valence-corrected chi connectivity index (χ3v) is 6.56. The predicted molar refractivity (Wildman–Crippen MR) is 97.1 cm³/mol. The Kier molecular flexibility index (Phi) is 5.59. The fourth-order valence-corrected chi connectivity index (χ4v) is 4.93. The van der Waals surface area contributed by atoms with Gasteiger partial charge in [0.15, 0.2) is 0 Å². The fraction of sp³-hybridized carbons (Fsp3) is 0.684. The number of hydrogen-bond donors (Lipinski definition) is 0. The Labute approximate surface area is 148 Å². The first-order valence-corrected chi connectivity index (χ1v) is 10.1. The summed E-state index contributed by atoms with van der Waals surface area (Å²) in [6.07, 6.45) is 6.66. The molecule has 2 amide bonds. The maximum atomic E-state index is 13.0. The monoisotopic (exact) mass is 348 g/mol. The lowest BCUT2D eigenvalue weighted by Crippen LogP contribution is -2.50. The molecule has 1 saturated heterocycles. The molecule has 3 atom stereocenters. The molecule has 3 unspecified atom stereocenters. The molecule has 2 aliphatic rings. The van der Waals surface area contributed by atoms with Crippen LogP contribution in [0, 0.1) is 11.8 Å². The summed E-state index contributed by atoms with van der Waals surface area (Å²) in [5.74, 6) is 0.857. The standard InChI is InChI=1S/C19H28N2O2S/c1-14-7-3-4-9-16(14)20(2)18(22)15-8-5-11-21(13-15)19(23)17-10-6-12-24-17/h6,10,12,14-16H,3-5,7-9,11,13H2,1-2H3. The first-order chi connectivity index (χ1) is 11.6. The van der Waals surface area contributed by atoms with Gasteiger partial charge in [-0.15, -0.1) is 11.3 Å². The lowest BCUT2D eigenvalue weighted by atomic mass is 9.84. The molecular weight excluding hydrogens is 320 g/mol. The number of amides is 2. The predicted octanol–water partition coefficient (Wildman–Crippen LogP) is 3.64. The van der Waals surface area contributed by atoms with E-state index < -0.39 is 0 Å². The molecule has 2 fully saturated rings. The minimum absolute atomic E-state index is 0.0400. The SMILES string of the molecule is CC1CCCCC1N(C)C(=O)C1CCCN(C(=O)c2cccs2)C1. The van der Waals surface area contributed by atoms with Crippen molar-refractivity contribution in [2.24, 2.45) is 11.8 Å². The summed E-state index contributed by atoms with van der Waals surface area (Å²) in [5, 5.41) is 1.93. The normalized spacial score (nSPS) is 27.8. The summed E-state index contributed by atoms with van der Waals surface area (Å²) in [7, 11) is 1.97. The van der Waals surface area contributed by atoms with Crippen molar-refractivity contribution in [1.29, 1.82) is 0 Å². The zero-order chi connectivity index (χ0) is 17.1. The van der Waals surface area contributed by atoms with E-state index in [0.717, 1.165) is 30.7 Å². The number of thiophene rings is 1. The molecule has 132 valence electrons. The second-order valence-corrected chi connectivity index (χ2v) is 8.29. The van der Waals surface area contributed by atoms with Crippen LogP contribution in [0.25, 0.3) is 0 Å². The number of hydrogen-bond acceptors (Lipinski definition) is 3. The average Bonchev–Trinajstić information content (AvgIpc) is 3.15. The number of carbonyl (C=O) groups is 2. The Bertz CT molecular complexity index is 572. The molecule has 1 aromatic rings. The van der Waals surface area contributed by atoms with Gasteiger partial charge in [-0.25, -0.2) is 0 Å². The molecule has 0 spiro atoms. The molecule has 2 heterocycles. The highest BCUT2D eigenvalue weighted by Gasteiger charge is 2.34. The lowest BCUT2D eigenvalue weighted by Gasteiger charge is -2.40. The highest BCUT2D eigenvalue weighted by Crippen LogP contribution is 2.29. The van der Waals surface area contributed by atoms with Crippen LogP contribution in [0.15, 0.2) is 17.5 Å². The molecule has 0 radical (unpaired) electrons. The van der Waals surface area contributed by atoms with E-state index in [4.69, 9.17) is 0 Å². The molecule has 0 N–H and O–H groups in total. The van der Waals surface area contributed by atoms with Crippen LogP contribution in [0.2, 0.25) is 0 Å². The largest absolute Gasteiger partial charge is 0.342 e. The molecule has 1 saturated carbocycles. The van der Waals surface area contributed by atoms with Gasteiger partial charge in [0.1, 0.15) is 0 Å². The van der Waals surface area contributed by atoms with E-state index in [1.165, 1.54) is 30.6 Å². The summed E-state index contributed by atoms with van der Waals surface area (Å²) in [6, 6.07) is 4.14. The highest BCUT2D eigenvalue weighted by molar-refractivity contribution is 7.12. The van der Waals surface area contributed by atoms with Crippen LogP contribution in [0.1, 0.15) is 55.1 Å². The van der Waals surface area contributed by atoms with Crippen molar-refractivity contribution in [1.82, 2.24) is 9.80 Å². The third kappa shape index (κ3) is 3.66. The van der Waals surface area contributed by atoms with Gasteiger partial charge in [-0.3, -0.25) is 9.59 Å². The molecule has 0 bridgehead atoms. The van der Waals surface area contributed by atoms with Crippen molar-refractivity contribution in [2.75, 3.05) is 20.1 Å². The van der Waals surface area contributed by atoms with Gasteiger partial charge >= 0.3 is 0 Å². The summed E-state index contributed by atoms with van der Waals surface area (Å²) < 4.78 is 0. The molecule has 1 aromatic heterocycles. The van der Waals surface area contributed by atoms with Gasteiger partial charge in [0.05, 0.1) is 10.8 Å². The zero-order valence-corrected chi connectivity index (χ0v) is 15.6. The van der Waals surface area contributed by atoms with Crippen LogP contribution in [-0.2, 0) is 4.79 Å².